The van der Waals surface area contributed by atoms with E-state index in [1.54, 1.807) is 4.90 Å². The molecule has 0 aromatic heterocycles. The van der Waals surface area contributed by atoms with E-state index in [1.807, 2.05) is 32.0 Å². The number of nitrogens with zero attached hydrogens (tertiary/aromatic N) is 1. The van der Waals surface area contributed by atoms with E-state index in [-0.39, 0.29) is 30.3 Å². The van der Waals surface area contributed by atoms with Crippen LogP contribution in [0.15, 0.2) is 18.2 Å². The first-order chi connectivity index (χ1) is 10.1. The van der Waals surface area contributed by atoms with Crippen molar-refractivity contribution < 1.29 is 9.59 Å². The highest BCUT2D eigenvalue weighted by Gasteiger charge is 2.30. The molecule has 0 aliphatic heterocycles. The van der Waals surface area contributed by atoms with Crippen LogP contribution < -0.4 is 10.2 Å². The fourth-order valence-corrected chi connectivity index (χ4v) is 2.55. The number of hydrogen-bond acceptors (Lipinski definition) is 2. The van der Waals surface area contributed by atoms with Crippen LogP contribution in [0.3, 0.4) is 0 Å². The normalized spacial score (nSPS) is 13.9. The Kier molecular flexibility index (Phi) is 5.23. The number of para-hydroxylation sites is 1. The quantitative estimate of drug-likeness (QED) is 0.649. The molecule has 1 N–H and O–H groups in total. The summed E-state index contributed by atoms with van der Waals surface area (Å²) in [5, 5.41) is 2.84. The lowest BCUT2D eigenvalue weighted by Crippen LogP contribution is -2.43. The minimum absolute atomic E-state index is 0.0222. The molecule has 0 saturated heterocycles. The van der Waals surface area contributed by atoms with Crippen LogP contribution in [0.2, 0.25) is 0 Å². The largest absolute Gasteiger partial charge is 0.338 e. The van der Waals surface area contributed by atoms with E-state index in [0.717, 1.165) is 36.1 Å². The first-order valence-electron chi connectivity index (χ1n) is 7.31. The van der Waals surface area contributed by atoms with Gasteiger partial charge in [0.15, 0.2) is 0 Å². The predicted molar refractivity (Wildman–Crippen MR) is 84.5 cm³/mol. The van der Waals surface area contributed by atoms with Crippen molar-refractivity contribution in [2.45, 2.75) is 33.1 Å². The van der Waals surface area contributed by atoms with Gasteiger partial charge in [-0.25, -0.2) is 0 Å². The minimum atomic E-state index is -0.197. The Labute approximate surface area is 130 Å². The number of rotatable bonds is 6. The number of hydrogen-bond donors (Lipinski definition) is 1. The van der Waals surface area contributed by atoms with Crippen LogP contribution >= 0.6 is 11.6 Å². The summed E-state index contributed by atoms with van der Waals surface area (Å²) in [4.78, 5) is 25.6. The molecule has 21 heavy (non-hydrogen) atoms. The number of nitrogens with one attached hydrogen (secondary N) is 1. The van der Waals surface area contributed by atoms with Crippen LogP contribution in [0, 0.1) is 12.8 Å². The summed E-state index contributed by atoms with van der Waals surface area (Å²) in [5.74, 6) is -0.150. The van der Waals surface area contributed by atoms with Gasteiger partial charge in [-0.15, -0.1) is 11.6 Å². The van der Waals surface area contributed by atoms with Crippen molar-refractivity contribution in [3.05, 3.63) is 29.3 Å². The van der Waals surface area contributed by atoms with Gasteiger partial charge < -0.3 is 5.32 Å². The van der Waals surface area contributed by atoms with E-state index in [0.29, 0.717) is 0 Å². The Balaban J connectivity index is 2.22. The number of carbonyl (C=O) groups is 2. The van der Waals surface area contributed by atoms with E-state index in [4.69, 9.17) is 11.6 Å². The zero-order valence-corrected chi connectivity index (χ0v) is 13.2. The second-order valence-corrected chi connectivity index (χ2v) is 5.63. The lowest BCUT2D eigenvalue weighted by molar-refractivity contribution is -0.122. The van der Waals surface area contributed by atoms with Gasteiger partial charge in [0.05, 0.1) is 12.4 Å². The zero-order chi connectivity index (χ0) is 15.4. The maximum Gasteiger partial charge on any atom is 0.243 e. The maximum atomic E-state index is 12.2. The first kappa shape index (κ1) is 15.8. The Hall–Kier alpha value is -1.55. The standard InChI is InChI=1S/C16H21ClN2O2/c1-3-12-6-4-5-11(2)15(12)19(14(20)9-17)10-18-16(21)13-7-8-13/h4-6,13H,3,7-10H2,1-2H3,(H,18,21). The second-order valence-electron chi connectivity index (χ2n) is 5.37. The summed E-state index contributed by atoms with van der Waals surface area (Å²) >= 11 is 5.73. The van der Waals surface area contributed by atoms with Gasteiger partial charge in [0.1, 0.15) is 5.88 Å². The highest BCUT2D eigenvalue weighted by atomic mass is 35.5. The molecule has 0 unspecified atom stereocenters. The number of benzene rings is 1. The minimum Gasteiger partial charge on any atom is -0.338 e. The van der Waals surface area contributed by atoms with Gasteiger partial charge in [0.25, 0.3) is 0 Å². The molecule has 5 heteroatoms. The number of amides is 2. The van der Waals surface area contributed by atoms with Crippen LogP contribution in [0.1, 0.15) is 30.9 Å². The van der Waals surface area contributed by atoms with Crippen molar-refractivity contribution in [3.63, 3.8) is 0 Å². The van der Waals surface area contributed by atoms with Crippen LogP contribution in [0.4, 0.5) is 5.69 Å². The molecular weight excluding hydrogens is 288 g/mol. The molecule has 114 valence electrons. The van der Waals surface area contributed by atoms with Crippen molar-refractivity contribution in [2.24, 2.45) is 5.92 Å². The Morgan fingerprint density at radius 1 is 1.38 bits per heavy atom. The Morgan fingerprint density at radius 2 is 2.10 bits per heavy atom. The van der Waals surface area contributed by atoms with Crippen molar-refractivity contribution in [1.82, 2.24) is 5.32 Å². The molecule has 1 aromatic carbocycles. The fourth-order valence-electron chi connectivity index (χ4n) is 2.40. The van der Waals surface area contributed by atoms with E-state index in [9.17, 15) is 9.59 Å². The summed E-state index contributed by atoms with van der Waals surface area (Å²) in [7, 11) is 0. The third-order valence-electron chi connectivity index (χ3n) is 3.75. The molecule has 4 nitrogen and oxygen atoms in total. The topological polar surface area (TPSA) is 49.4 Å². The monoisotopic (exact) mass is 308 g/mol. The molecule has 1 saturated carbocycles. The molecule has 1 fully saturated rings. The molecule has 1 aliphatic carbocycles. The molecule has 0 atom stereocenters. The van der Waals surface area contributed by atoms with E-state index < -0.39 is 0 Å². The molecule has 1 aromatic rings. The van der Waals surface area contributed by atoms with E-state index >= 15 is 0 Å². The number of anilines is 1. The zero-order valence-electron chi connectivity index (χ0n) is 12.5. The summed E-state index contributed by atoms with van der Waals surface area (Å²) in [6, 6.07) is 5.94. The lowest BCUT2D eigenvalue weighted by atomic mass is 10.0. The molecule has 1 aliphatic rings. The highest BCUT2D eigenvalue weighted by Crippen LogP contribution is 2.29. The van der Waals surface area contributed by atoms with Gasteiger partial charge in [-0.05, 0) is 37.3 Å². The van der Waals surface area contributed by atoms with Crippen molar-refractivity contribution >= 4 is 29.1 Å². The summed E-state index contributed by atoms with van der Waals surface area (Å²) in [6.45, 7) is 4.19. The van der Waals surface area contributed by atoms with Crippen LogP contribution in [-0.4, -0.2) is 24.4 Å². The van der Waals surface area contributed by atoms with Gasteiger partial charge in [0.2, 0.25) is 11.8 Å². The van der Waals surface area contributed by atoms with Crippen LogP contribution in [0.25, 0.3) is 0 Å². The predicted octanol–water partition coefficient (Wildman–Crippen LogP) is 2.61. The van der Waals surface area contributed by atoms with Gasteiger partial charge in [-0.3, -0.25) is 14.5 Å². The van der Waals surface area contributed by atoms with Crippen molar-refractivity contribution in [3.8, 4) is 0 Å². The SMILES string of the molecule is CCc1cccc(C)c1N(CNC(=O)C1CC1)C(=O)CCl. The molecule has 0 radical (unpaired) electrons. The Bertz CT molecular complexity index is 541. The lowest BCUT2D eigenvalue weighted by Gasteiger charge is -2.26. The molecule has 0 heterocycles. The molecule has 0 spiro atoms. The fraction of sp³-hybridized carbons (Fsp3) is 0.500. The maximum absolute atomic E-state index is 12.2. The van der Waals surface area contributed by atoms with Gasteiger partial charge >= 0.3 is 0 Å². The molecule has 2 amide bonds. The average Bonchev–Trinajstić information content (AvgIpc) is 3.32. The third kappa shape index (κ3) is 3.76. The van der Waals surface area contributed by atoms with Crippen LogP contribution in [0.5, 0.6) is 0 Å². The molecule has 0 bridgehead atoms. The second kappa shape index (κ2) is 6.94. The van der Waals surface area contributed by atoms with Crippen molar-refractivity contribution in [1.29, 1.82) is 0 Å². The average molecular weight is 309 g/mol. The molecular formula is C16H21ClN2O2. The number of carbonyl (C=O) groups excluding carboxylic acids is 2. The summed E-state index contributed by atoms with van der Waals surface area (Å²) in [6.07, 6.45) is 2.71. The van der Waals surface area contributed by atoms with Crippen LogP contribution in [-0.2, 0) is 16.0 Å². The summed E-state index contributed by atoms with van der Waals surface area (Å²) in [5.41, 5.74) is 2.95. The molecule has 2 rings (SSSR count). The van der Waals surface area contributed by atoms with Gasteiger partial charge in [-0.2, -0.15) is 0 Å². The highest BCUT2D eigenvalue weighted by molar-refractivity contribution is 6.29. The first-order valence-corrected chi connectivity index (χ1v) is 7.84. The van der Waals surface area contributed by atoms with E-state index in [1.165, 1.54) is 0 Å². The van der Waals surface area contributed by atoms with Crippen molar-refractivity contribution in [2.75, 3.05) is 17.4 Å². The number of alkyl halides is 1. The third-order valence-corrected chi connectivity index (χ3v) is 3.98. The Morgan fingerprint density at radius 3 is 2.67 bits per heavy atom. The summed E-state index contributed by atoms with van der Waals surface area (Å²) < 4.78 is 0. The van der Waals surface area contributed by atoms with E-state index in [2.05, 4.69) is 5.32 Å². The van der Waals surface area contributed by atoms with Gasteiger partial charge in [-0.1, -0.05) is 25.1 Å². The number of halogens is 1. The van der Waals surface area contributed by atoms with Gasteiger partial charge in [0, 0.05) is 5.92 Å². The smallest absolute Gasteiger partial charge is 0.243 e. The number of aryl methyl sites for hydroxylation is 2.